The van der Waals surface area contributed by atoms with Crippen LogP contribution in [0.4, 0.5) is 4.79 Å². The third kappa shape index (κ3) is 5.23. The first-order valence-electron chi connectivity index (χ1n) is 8.33. The fraction of sp³-hybridized carbons (Fsp3) is 0.556. The molecule has 6 nitrogen and oxygen atoms in total. The second-order valence-electron chi connectivity index (χ2n) is 7.06. The predicted molar refractivity (Wildman–Crippen MR) is 92.2 cm³/mol. The monoisotopic (exact) mass is 333 g/mol. The highest BCUT2D eigenvalue weighted by Crippen LogP contribution is 2.16. The Hall–Kier alpha value is -2.08. The van der Waals surface area contributed by atoms with E-state index >= 15 is 0 Å². The van der Waals surface area contributed by atoms with E-state index in [0.29, 0.717) is 19.5 Å². The highest BCUT2D eigenvalue weighted by molar-refractivity contribution is 5.84. The molecule has 1 saturated heterocycles. The third-order valence-corrected chi connectivity index (χ3v) is 3.79. The van der Waals surface area contributed by atoms with Crippen LogP contribution in [-0.2, 0) is 16.1 Å². The molecule has 24 heavy (non-hydrogen) atoms. The molecule has 2 unspecified atom stereocenters. The molecule has 0 saturated carbocycles. The van der Waals surface area contributed by atoms with Crippen LogP contribution in [0.25, 0.3) is 0 Å². The molecule has 1 aliphatic rings. The van der Waals surface area contributed by atoms with Crippen LogP contribution >= 0.6 is 0 Å². The molecule has 0 radical (unpaired) electrons. The van der Waals surface area contributed by atoms with E-state index in [1.54, 1.807) is 0 Å². The second-order valence-corrected chi connectivity index (χ2v) is 7.06. The minimum absolute atomic E-state index is 0.0239. The molecule has 1 aromatic carbocycles. The molecule has 2 rings (SSSR count). The van der Waals surface area contributed by atoms with Gasteiger partial charge in [-0.1, -0.05) is 30.3 Å². The number of hydrogen-bond donors (Lipinski definition) is 2. The summed E-state index contributed by atoms with van der Waals surface area (Å²) in [5.74, 6) is 0.0670. The van der Waals surface area contributed by atoms with Gasteiger partial charge < -0.3 is 15.0 Å². The van der Waals surface area contributed by atoms with Crippen molar-refractivity contribution in [2.75, 3.05) is 6.54 Å². The molecular formula is C18H27N3O3. The minimum Gasteiger partial charge on any atom is -0.444 e. The summed E-state index contributed by atoms with van der Waals surface area (Å²) in [7, 11) is 0. The summed E-state index contributed by atoms with van der Waals surface area (Å²) in [5, 5.41) is 5.97. The van der Waals surface area contributed by atoms with Gasteiger partial charge >= 0.3 is 6.09 Å². The number of alkyl carbamates (subject to hydrolysis) is 1. The Kier molecular flexibility index (Phi) is 5.83. The topological polar surface area (TPSA) is 70.7 Å². The first-order chi connectivity index (χ1) is 11.3. The van der Waals surface area contributed by atoms with Crippen molar-refractivity contribution in [3.8, 4) is 0 Å². The molecule has 0 spiro atoms. The minimum atomic E-state index is -0.521. The Morgan fingerprint density at radius 3 is 2.58 bits per heavy atom. The van der Waals surface area contributed by atoms with Crippen molar-refractivity contribution in [3.63, 3.8) is 0 Å². The Morgan fingerprint density at radius 2 is 1.96 bits per heavy atom. The van der Waals surface area contributed by atoms with E-state index in [9.17, 15) is 9.59 Å². The maximum absolute atomic E-state index is 12.5. The number of ether oxygens (including phenoxy) is 1. The number of carbonyl (C=O) groups excluding carboxylic acids is 2. The number of nitrogens with one attached hydrogen (secondary N) is 2. The largest absolute Gasteiger partial charge is 0.444 e. The zero-order chi connectivity index (χ0) is 17.7. The lowest BCUT2D eigenvalue weighted by atomic mass is 10.2. The van der Waals surface area contributed by atoms with Crippen molar-refractivity contribution in [2.45, 2.75) is 58.5 Å². The van der Waals surface area contributed by atoms with E-state index in [-0.39, 0.29) is 18.1 Å². The first kappa shape index (κ1) is 18.3. The zero-order valence-electron chi connectivity index (χ0n) is 14.8. The SMILES string of the molecule is CC1NC(CCNC(=O)OC(C)(C)C)C(=O)N1Cc1ccccc1. The molecule has 1 aliphatic heterocycles. The van der Waals surface area contributed by atoms with Crippen molar-refractivity contribution >= 4 is 12.0 Å². The van der Waals surface area contributed by atoms with Gasteiger partial charge in [-0.05, 0) is 39.7 Å². The van der Waals surface area contributed by atoms with Gasteiger partial charge in [0.2, 0.25) is 5.91 Å². The van der Waals surface area contributed by atoms with Crippen LogP contribution in [0.5, 0.6) is 0 Å². The summed E-state index contributed by atoms with van der Waals surface area (Å²) < 4.78 is 5.18. The summed E-state index contributed by atoms with van der Waals surface area (Å²) in [6.07, 6.45) is 0.0552. The normalized spacial score (nSPS) is 21.0. The summed E-state index contributed by atoms with van der Waals surface area (Å²) >= 11 is 0. The van der Waals surface area contributed by atoms with Gasteiger partial charge in [0.15, 0.2) is 0 Å². The van der Waals surface area contributed by atoms with Crippen LogP contribution in [0.2, 0.25) is 0 Å². The lowest BCUT2D eigenvalue weighted by molar-refractivity contribution is -0.130. The highest BCUT2D eigenvalue weighted by Gasteiger charge is 2.35. The smallest absolute Gasteiger partial charge is 0.407 e. The van der Waals surface area contributed by atoms with Crippen LogP contribution < -0.4 is 10.6 Å². The van der Waals surface area contributed by atoms with Gasteiger partial charge in [0, 0.05) is 13.1 Å². The average Bonchev–Trinajstić information content (AvgIpc) is 2.74. The van der Waals surface area contributed by atoms with Gasteiger partial charge in [-0.3, -0.25) is 10.1 Å². The number of benzene rings is 1. The second kappa shape index (κ2) is 7.66. The Morgan fingerprint density at radius 1 is 1.29 bits per heavy atom. The number of carbonyl (C=O) groups is 2. The molecule has 2 atom stereocenters. The van der Waals surface area contributed by atoms with Gasteiger partial charge in [0.1, 0.15) is 5.60 Å². The van der Waals surface area contributed by atoms with Crippen molar-refractivity contribution in [3.05, 3.63) is 35.9 Å². The fourth-order valence-corrected chi connectivity index (χ4v) is 2.68. The summed E-state index contributed by atoms with van der Waals surface area (Å²) in [6, 6.07) is 9.64. The van der Waals surface area contributed by atoms with Crippen LogP contribution in [0.3, 0.4) is 0 Å². The third-order valence-electron chi connectivity index (χ3n) is 3.79. The maximum atomic E-state index is 12.5. The average molecular weight is 333 g/mol. The molecule has 2 amide bonds. The van der Waals surface area contributed by atoms with Crippen molar-refractivity contribution < 1.29 is 14.3 Å². The number of amides is 2. The van der Waals surface area contributed by atoms with E-state index in [1.165, 1.54) is 0 Å². The summed E-state index contributed by atoms with van der Waals surface area (Å²) in [4.78, 5) is 26.0. The standard InChI is InChI=1S/C18H27N3O3/c1-13-20-15(10-11-19-17(23)24-18(2,3)4)16(22)21(13)12-14-8-6-5-7-9-14/h5-9,13,15,20H,10-12H2,1-4H3,(H,19,23). The lowest BCUT2D eigenvalue weighted by Crippen LogP contribution is -2.37. The number of nitrogens with zero attached hydrogens (tertiary/aromatic N) is 1. The Labute approximate surface area is 143 Å². The van der Waals surface area contributed by atoms with Crippen LogP contribution in [0.1, 0.15) is 39.7 Å². The molecule has 1 aromatic rings. The van der Waals surface area contributed by atoms with Crippen LogP contribution in [-0.4, -0.2) is 41.3 Å². The van der Waals surface area contributed by atoms with E-state index in [2.05, 4.69) is 10.6 Å². The molecule has 132 valence electrons. The van der Waals surface area contributed by atoms with E-state index in [4.69, 9.17) is 4.74 Å². The molecule has 6 heteroatoms. The van der Waals surface area contributed by atoms with Gasteiger partial charge in [0.25, 0.3) is 0 Å². The summed E-state index contributed by atoms with van der Waals surface area (Å²) in [5.41, 5.74) is 0.582. The quantitative estimate of drug-likeness (QED) is 0.867. The van der Waals surface area contributed by atoms with Gasteiger partial charge in [-0.2, -0.15) is 0 Å². The van der Waals surface area contributed by atoms with Gasteiger partial charge in [0.05, 0.1) is 12.2 Å². The van der Waals surface area contributed by atoms with Crippen molar-refractivity contribution in [1.29, 1.82) is 0 Å². The van der Waals surface area contributed by atoms with Crippen molar-refractivity contribution in [2.24, 2.45) is 0 Å². The number of rotatable bonds is 5. The van der Waals surface area contributed by atoms with E-state index < -0.39 is 11.7 Å². The number of hydrogen-bond acceptors (Lipinski definition) is 4. The van der Waals surface area contributed by atoms with Gasteiger partial charge in [-0.25, -0.2) is 4.79 Å². The van der Waals surface area contributed by atoms with Crippen LogP contribution in [0.15, 0.2) is 30.3 Å². The van der Waals surface area contributed by atoms with Gasteiger partial charge in [-0.15, -0.1) is 0 Å². The van der Waals surface area contributed by atoms with E-state index in [0.717, 1.165) is 5.56 Å². The Balaban J connectivity index is 1.81. The molecule has 1 fully saturated rings. The first-order valence-corrected chi connectivity index (χ1v) is 8.33. The maximum Gasteiger partial charge on any atom is 0.407 e. The van der Waals surface area contributed by atoms with E-state index in [1.807, 2.05) is 62.9 Å². The highest BCUT2D eigenvalue weighted by atomic mass is 16.6. The van der Waals surface area contributed by atoms with Crippen LogP contribution in [0, 0.1) is 0 Å². The fourth-order valence-electron chi connectivity index (χ4n) is 2.68. The van der Waals surface area contributed by atoms with Crippen molar-refractivity contribution in [1.82, 2.24) is 15.5 Å². The molecule has 2 N–H and O–H groups in total. The molecule has 0 bridgehead atoms. The Bertz CT molecular complexity index is 569. The summed E-state index contributed by atoms with van der Waals surface area (Å²) in [6.45, 7) is 8.41. The lowest BCUT2D eigenvalue weighted by Gasteiger charge is -2.21. The molecule has 0 aliphatic carbocycles. The predicted octanol–water partition coefficient (Wildman–Crippen LogP) is 2.25. The molecule has 1 heterocycles. The molecule has 0 aromatic heterocycles. The molecular weight excluding hydrogens is 306 g/mol. The zero-order valence-corrected chi connectivity index (χ0v) is 14.8.